The molecule has 3 heteroatoms. The van der Waals surface area contributed by atoms with Crippen LogP contribution >= 0.6 is 0 Å². The zero-order valence-corrected chi connectivity index (χ0v) is 10.5. The number of nitriles is 1. The van der Waals surface area contributed by atoms with Gasteiger partial charge in [-0.15, -0.1) is 0 Å². The Morgan fingerprint density at radius 1 is 1.44 bits per heavy atom. The van der Waals surface area contributed by atoms with Crippen molar-refractivity contribution in [2.75, 3.05) is 0 Å². The lowest BCUT2D eigenvalue weighted by atomic mass is 9.79. The van der Waals surface area contributed by atoms with Gasteiger partial charge in [0.2, 0.25) is 5.91 Å². The van der Waals surface area contributed by atoms with Crippen molar-refractivity contribution in [3.05, 3.63) is 0 Å². The van der Waals surface area contributed by atoms with E-state index in [2.05, 4.69) is 19.2 Å². The molecule has 0 heterocycles. The highest BCUT2D eigenvalue weighted by atomic mass is 16.1. The summed E-state index contributed by atoms with van der Waals surface area (Å²) in [4.78, 5) is 11.7. The summed E-state index contributed by atoms with van der Waals surface area (Å²) in [6.07, 6.45) is 3.88. The second-order valence-corrected chi connectivity index (χ2v) is 5.06. The largest absolute Gasteiger partial charge is 0.352 e. The minimum absolute atomic E-state index is 0.0863. The minimum atomic E-state index is -0.477. The van der Waals surface area contributed by atoms with Crippen molar-refractivity contribution >= 4 is 5.91 Å². The number of rotatable bonds is 3. The number of carbonyl (C=O) groups excluding carboxylic acids is 1. The lowest BCUT2D eigenvalue weighted by Gasteiger charge is -2.32. The Morgan fingerprint density at radius 3 is 2.62 bits per heavy atom. The highest BCUT2D eigenvalue weighted by molar-refractivity contribution is 5.81. The molecule has 0 spiro atoms. The Labute approximate surface area is 98.2 Å². The van der Waals surface area contributed by atoms with Gasteiger partial charge >= 0.3 is 0 Å². The molecule has 16 heavy (non-hydrogen) atoms. The zero-order chi connectivity index (χ0) is 12.1. The fraction of sp³-hybridized carbons (Fsp3) is 0.846. The molecule has 4 atom stereocenters. The molecule has 1 saturated carbocycles. The van der Waals surface area contributed by atoms with E-state index in [1.807, 2.05) is 13.0 Å². The maximum Gasteiger partial charge on any atom is 0.237 e. The van der Waals surface area contributed by atoms with Crippen LogP contribution in [0.4, 0.5) is 0 Å². The molecule has 1 aliphatic carbocycles. The molecule has 0 bridgehead atoms. The molecule has 1 fully saturated rings. The van der Waals surface area contributed by atoms with E-state index in [0.29, 0.717) is 12.3 Å². The standard InChI is InChI=1S/C13H22N2O/c1-4-11(8-14)13(16)15-12-6-5-9(2)10(3)7-12/h9-12H,4-7H2,1-3H3,(H,15,16). The van der Waals surface area contributed by atoms with Crippen molar-refractivity contribution < 1.29 is 4.79 Å². The molecular formula is C13H22N2O. The van der Waals surface area contributed by atoms with Crippen LogP contribution in [0.3, 0.4) is 0 Å². The second-order valence-electron chi connectivity index (χ2n) is 5.06. The fourth-order valence-electron chi connectivity index (χ4n) is 2.32. The molecule has 1 aliphatic rings. The number of amides is 1. The summed E-state index contributed by atoms with van der Waals surface area (Å²) in [5.74, 6) is 0.860. The molecule has 1 amide bonds. The van der Waals surface area contributed by atoms with Crippen molar-refractivity contribution in [3.63, 3.8) is 0 Å². The molecule has 90 valence electrons. The third-order valence-corrected chi connectivity index (χ3v) is 3.83. The summed E-state index contributed by atoms with van der Waals surface area (Å²) in [6, 6.07) is 2.33. The molecule has 0 saturated heterocycles. The SMILES string of the molecule is CCC(C#N)C(=O)NC1CCC(C)C(C)C1. The predicted molar refractivity (Wildman–Crippen MR) is 63.5 cm³/mol. The van der Waals surface area contributed by atoms with Gasteiger partial charge in [0, 0.05) is 6.04 Å². The molecule has 3 nitrogen and oxygen atoms in total. The summed E-state index contributed by atoms with van der Waals surface area (Å²) < 4.78 is 0. The Kier molecular flexibility index (Phi) is 4.79. The number of hydrogen-bond acceptors (Lipinski definition) is 2. The number of nitrogens with zero attached hydrogens (tertiary/aromatic N) is 1. The van der Waals surface area contributed by atoms with Gasteiger partial charge in [-0.2, -0.15) is 5.26 Å². The Balaban J connectivity index is 2.44. The maximum atomic E-state index is 11.7. The van der Waals surface area contributed by atoms with Crippen molar-refractivity contribution in [1.29, 1.82) is 5.26 Å². The molecule has 0 aliphatic heterocycles. The third kappa shape index (κ3) is 3.23. The van der Waals surface area contributed by atoms with Gasteiger partial charge in [-0.05, 0) is 37.5 Å². The van der Waals surface area contributed by atoms with Gasteiger partial charge in [0.05, 0.1) is 6.07 Å². The van der Waals surface area contributed by atoms with E-state index in [9.17, 15) is 4.79 Å². The monoisotopic (exact) mass is 222 g/mol. The number of nitrogens with one attached hydrogen (secondary N) is 1. The summed E-state index contributed by atoms with van der Waals surface area (Å²) >= 11 is 0. The van der Waals surface area contributed by atoms with Gasteiger partial charge in [-0.25, -0.2) is 0 Å². The van der Waals surface area contributed by atoms with E-state index in [-0.39, 0.29) is 11.9 Å². The first-order valence-electron chi connectivity index (χ1n) is 6.28. The second kappa shape index (κ2) is 5.89. The molecule has 0 radical (unpaired) electrons. The summed E-state index contributed by atoms with van der Waals surface area (Å²) in [5, 5.41) is 11.8. The van der Waals surface area contributed by atoms with E-state index in [0.717, 1.165) is 18.8 Å². The van der Waals surface area contributed by atoms with Crippen molar-refractivity contribution in [3.8, 4) is 6.07 Å². The van der Waals surface area contributed by atoms with Gasteiger partial charge in [0.15, 0.2) is 0 Å². The quantitative estimate of drug-likeness (QED) is 0.797. The summed E-state index contributed by atoms with van der Waals surface area (Å²) in [6.45, 7) is 6.39. The topological polar surface area (TPSA) is 52.9 Å². The average Bonchev–Trinajstić information content (AvgIpc) is 2.25. The molecule has 0 aromatic carbocycles. The Bertz CT molecular complexity index is 282. The Hall–Kier alpha value is -1.04. The van der Waals surface area contributed by atoms with Gasteiger partial charge in [0.25, 0.3) is 0 Å². The zero-order valence-electron chi connectivity index (χ0n) is 10.5. The van der Waals surface area contributed by atoms with Crippen LogP contribution in [-0.2, 0) is 4.79 Å². The van der Waals surface area contributed by atoms with Crippen LogP contribution < -0.4 is 5.32 Å². The lowest BCUT2D eigenvalue weighted by molar-refractivity contribution is -0.124. The number of carbonyl (C=O) groups is 1. The van der Waals surface area contributed by atoms with Gasteiger partial charge < -0.3 is 5.32 Å². The summed E-state index contributed by atoms with van der Waals surface area (Å²) in [5.41, 5.74) is 0. The first-order valence-corrected chi connectivity index (χ1v) is 6.28. The normalized spacial score (nSPS) is 31.5. The smallest absolute Gasteiger partial charge is 0.237 e. The van der Waals surface area contributed by atoms with E-state index in [1.54, 1.807) is 0 Å². The van der Waals surface area contributed by atoms with Crippen molar-refractivity contribution in [2.45, 2.75) is 52.5 Å². The van der Waals surface area contributed by atoms with E-state index < -0.39 is 5.92 Å². The average molecular weight is 222 g/mol. The van der Waals surface area contributed by atoms with Crippen LogP contribution in [0.15, 0.2) is 0 Å². The molecule has 0 aromatic rings. The summed E-state index contributed by atoms with van der Waals surface area (Å²) in [7, 11) is 0. The van der Waals surface area contributed by atoms with Crippen LogP contribution in [0.25, 0.3) is 0 Å². The Morgan fingerprint density at radius 2 is 2.12 bits per heavy atom. The van der Waals surface area contributed by atoms with Crippen LogP contribution in [0.2, 0.25) is 0 Å². The van der Waals surface area contributed by atoms with Crippen LogP contribution in [0.5, 0.6) is 0 Å². The van der Waals surface area contributed by atoms with Gasteiger partial charge in [-0.1, -0.05) is 20.8 Å². The molecule has 1 rings (SSSR count). The van der Waals surface area contributed by atoms with E-state index in [1.165, 1.54) is 6.42 Å². The molecule has 1 N–H and O–H groups in total. The van der Waals surface area contributed by atoms with E-state index >= 15 is 0 Å². The molecule has 0 aromatic heterocycles. The van der Waals surface area contributed by atoms with Gasteiger partial charge in [-0.3, -0.25) is 4.79 Å². The highest BCUT2D eigenvalue weighted by Crippen LogP contribution is 2.29. The highest BCUT2D eigenvalue weighted by Gasteiger charge is 2.27. The fourth-order valence-corrected chi connectivity index (χ4v) is 2.32. The maximum absolute atomic E-state index is 11.7. The minimum Gasteiger partial charge on any atom is -0.352 e. The van der Waals surface area contributed by atoms with Crippen molar-refractivity contribution in [1.82, 2.24) is 5.32 Å². The molecule has 4 unspecified atom stereocenters. The van der Waals surface area contributed by atoms with Crippen LogP contribution in [-0.4, -0.2) is 11.9 Å². The van der Waals surface area contributed by atoms with Crippen LogP contribution in [0, 0.1) is 29.1 Å². The first kappa shape index (κ1) is 13.0. The number of hydrogen-bond donors (Lipinski definition) is 1. The van der Waals surface area contributed by atoms with E-state index in [4.69, 9.17) is 5.26 Å². The predicted octanol–water partition coefficient (Wildman–Crippen LogP) is 2.48. The third-order valence-electron chi connectivity index (χ3n) is 3.83. The molecular weight excluding hydrogens is 200 g/mol. The van der Waals surface area contributed by atoms with Crippen molar-refractivity contribution in [2.24, 2.45) is 17.8 Å². The van der Waals surface area contributed by atoms with Gasteiger partial charge in [0.1, 0.15) is 5.92 Å². The lowest BCUT2D eigenvalue weighted by Crippen LogP contribution is -2.42. The van der Waals surface area contributed by atoms with Crippen LogP contribution in [0.1, 0.15) is 46.5 Å². The first-order chi connectivity index (χ1) is 7.58.